The number of carboxylic acids is 1. The summed E-state index contributed by atoms with van der Waals surface area (Å²) >= 11 is 10.5. The van der Waals surface area contributed by atoms with E-state index in [2.05, 4.69) is 26.6 Å². The smallest absolute Gasteiger partial charge is 0.331 e. The van der Waals surface area contributed by atoms with E-state index in [4.69, 9.17) is 11.6 Å². The molecule has 0 aliphatic carbocycles. The fourth-order valence-electron chi connectivity index (χ4n) is 1.59. The standard InChI is InChI=1S/C13H10BrClN2O3S/c14-7-3-4-8(15)9(6-7)16-13(20)17-11(12(18)19)10-2-1-5-21-10/h1-6,11H,(H,18,19)(H2,16,17,20). The number of amides is 2. The minimum atomic E-state index is -1.13. The maximum absolute atomic E-state index is 11.9. The minimum absolute atomic E-state index is 0.358. The molecule has 0 radical (unpaired) electrons. The zero-order valence-corrected chi connectivity index (χ0v) is 13.6. The van der Waals surface area contributed by atoms with E-state index in [9.17, 15) is 14.7 Å². The number of carbonyl (C=O) groups excluding carboxylic acids is 1. The van der Waals surface area contributed by atoms with Gasteiger partial charge in [-0.1, -0.05) is 33.6 Å². The summed E-state index contributed by atoms with van der Waals surface area (Å²) in [6.45, 7) is 0. The van der Waals surface area contributed by atoms with Crippen LogP contribution in [-0.2, 0) is 4.79 Å². The number of hydrogen-bond donors (Lipinski definition) is 3. The molecule has 0 bridgehead atoms. The van der Waals surface area contributed by atoms with Crippen LogP contribution in [-0.4, -0.2) is 17.1 Å². The van der Waals surface area contributed by atoms with Gasteiger partial charge in [-0.3, -0.25) is 0 Å². The van der Waals surface area contributed by atoms with Crippen molar-refractivity contribution in [3.63, 3.8) is 0 Å². The van der Waals surface area contributed by atoms with Crippen LogP contribution in [0.5, 0.6) is 0 Å². The Morgan fingerprint density at radius 1 is 1.33 bits per heavy atom. The van der Waals surface area contributed by atoms with Gasteiger partial charge in [-0.15, -0.1) is 11.3 Å². The van der Waals surface area contributed by atoms with Crippen molar-refractivity contribution in [2.24, 2.45) is 0 Å². The van der Waals surface area contributed by atoms with Crippen LogP contribution in [0.1, 0.15) is 10.9 Å². The minimum Gasteiger partial charge on any atom is -0.479 e. The third-order valence-corrected chi connectivity index (χ3v) is 4.29. The number of halogens is 2. The molecule has 0 saturated heterocycles. The van der Waals surface area contributed by atoms with Crippen molar-refractivity contribution in [3.8, 4) is 0 Å². The number of benzene rings is 1. The Labute approximate surface area is 138 Å². The molecular weight excluding hydrogens is 380 g/mol. The van der Waals surface area contributed by atoms with E-state index < -0.39 is 18.0 Å². The largest absolute Gasteiger partial charge is 0.479 e. The van der Waals surface area contributed by atoms with Crippen LogP contribution in [0.2, 0.25) is 5.02 Å². The van der Waals surface area contributed by atoms with Crippen LogP contribution < -0.4 is 10.6 Å². The first kappa shape index (κ1) is 15.8. The highest BCUT2D eigenvalue weighted by Gasteiger charge is 2.23. The van der Waals surface area contributed by atoms with Gasteiger partial charge in [-0.05, 0) is 29.6 Å². The third-order valence-electron chi connectivity index (χ3n) is 2.53. The molecule has 0 saturated carbocycles. The van der Waals surface area contributed by atoms with Crippen LogP contribution in [0, 0.1) is 0 Å². The average molecular weight is 390 g/mol. The van der Waals surface area contributed by atoms with E-state index in [0.29, 0.717) is 15.6 Å². The molecule has 1 aromatic heterocycles. The molecule has 1 aromatic carbocycles. The number of carbonyl (C=O) groups is 2. The molecule has 3 N–H and O–H groups in total. The van der Waals surface area contributed by atoms with E-state index >= 15 is 0 Å². The molecule has 2 aromatic rings. The highest BCUT2D eigenvalue weighted by atomic mass is 79.9. The number of hydrogen-bond acceptors (Lipinski definition) is 3. The normalized spacial score (nSPS) is 11.7. The summed E-state index contributed by atoms with van der Waals surface area (Å²) < 4.78 is 0.746. The van der Waals surface area contributed by atoms with E-state index in [-0.39, 0.29) is 0 Å². The van der Waals surface area contributed by atoms with Gasteiger partial charge < -0.3 is 15.7 Å². The lowest BCUT2D eigenvalue weighted by atomic mass is 10.2. The summed E-state index contributed by atoms with van der Waals surface area (Å²) in [4.78, 5) is 23.7. The van der Waals surface area contributed by atoms with Crippen LogP contribution in [0.3, 0.4) is 0 Å². The molecule has 21 heavy (non-hydrogen) atoms. The van der Waals surface area contributed by atoms with Gasteiger partial charge in [0.1, 0.15) is 0 Å². The van der Waals surface area contributed by atoms with E-state index in [1.165, 1.54) is 11.3 Å². The Bertz CT molecular complexity index is 663. The van der Waals surface area contributed by atoms with Gasteiger partial charge >= 0.3 is 12.0 Å². The van der Waals surface area contributed by atoms with Crippen LogP contribution in [0.15, 0.2) is 40.2 Å². The van der Waals surface area contributed by atoms with E-state index in [1.54, 1.807) is 35.7 Å². The topological polar surface area (TPSA) is 78.4 Å². The number of thiophene rings is 1. The number of nitrogens with one attached hydrogen (secondary N) is 2. The van der Waals surface area contributed by atoms with Gasteiger partial charge in [0.05, 0.1) is 10.7 Å². The molecule has 0 spiro atoms. The molecule has 1 unspecified atom stereocenters. The van der Waals surface area contributed by atoms with Crippen molar-refractivity contribution in [3.05, 3.63) is 50.1 Å². The van der Waals surface area contributed by atoms with E-state index in [1.807, 2.05) is 0 Å². The molecule has 0 fully saturated rings. The lowest BCUT2D eigenvalue weighted by Gasteiger charge is -2.14. The van der Waals surface area contributed by atoms with Crippen molar-refractivity contribution in [2.45, 2.75) is 6.04 Å². The lowest BCUT2D eigenvalue weighted by Crippen LogP contribution is -2.36. The van der Waals surface area contributed by atoms with Gasteiger partial charge in [0.2, 0.25) is 0 Å². The Morgan fingerprint density at radius 2 is 2.10 bits per heavy atom. The van der Waals surface area contributed by atoms with Gasteiger partial charge in [-0.2, -0.15) is 0 Å². The summed E-state index contributed by atoms with van der Waals surface area (Å²) in [7, 11) is 0. The summed E-state index contributed by atoms with van der Waals surface area (Å²) in [6, 6.07) is 6.61. The molecule has 2 rings (SSSR count). The summed E-state index contributed by atoms with van der Waals surface area (Å²) in [5.74, 6) is -1.13. The molecular formula is C13H10BrClN2O3S. The molecule has 5 nitrogen and oxygen atoms in total. The second-order valence-corrected chi connectivity index (χ2v) is 6.31. The highest BCUT2D eigenvalue weighted by molar-refractivity contribution is 9.10. The molecule has 2 amide bonds. The maximum atomic E-state index is 11.9. The first-order valence-corrected chi connectivity index (χ1v) is 7.81. The first-order chi connectivity index (χ1) is 9.97. The zero-order valence-electron chi connectivity index (χ0n) is 10.5. The highest BCUT2D eigenvalue weighted by Crippen LogP contribution is 2.26. The fraction of sp³-hybridized carbons (Fsp3) is 0.0769. The Balaban J connectivity index is 2.10. The van der Waals surface area contributed by atoms with Crippen molar-refractivity contribution in [1.82, 2.24) is 5.32 Å². The molecule has 0 aliphatic heterocycles. The van der Waals surface area contributed by atoms with Gasteiger partial charge in [0, 0.05) is 9.35 Å². The average Bonchev–Trinajstić information content (AvgIpc) is 2.93. The molecule has 8 heteroatoms. The predicted octanol–water partition coefficient (Wildman–Crippen LogP) is 4.11. The number of urea groups is 1. The van der Waals surface area contributed by atoms with Crippen molar-refractivity contribution >= 4 is 56.6 Å². The van der Waals surface area contributed by atoms with Crippen LogP contribution in [0.4, 0.5) is 10.5 Å². The molecule has 0 aliphatic rings. The second-order valence-electron chi connectivity index (χ2n) is 4.01. The van der Waals surface area contributed by atoms with Gasteiger partial charge in [0.25, 0.3) is 0 Å². The fourth-order valence-corrected chi connectivity index (χ4v) is 2.89. The summed E-state index contributed by atoms with van der Waals surface area (Å²) in [5.41, 5.74) is 0.388. The summed E-state index contributed by atoms with van der Waals surface area (Å²) in [6.07, 6.45) is 0. The lowest BCUT2D eigenvalue weighted by molar-refractivity contribution is -0.139. The SMILES string of the molecule is O=C(Nc1cc(Br)ccc1Cl)NC(C(=O)O)c1cccs1. The predicted molar refractivity (Wildman–Crippen MR) is 86.0 cm³/mol. The number of anilines is 1. The quantitative estimate of drug-likeness (QED) is 0.736. The third kappa shape index (κ3) is 4.20. The number of rotatable bonds is 4. The maximum Gasteiger partial charge on any atom is 0.331 e. The molecule has 1 heterocycles. The van der Waals surface area contributed by atoms with Crippen LogP contribution >= 0.6 is 38.9 Å². The molecule has 1 atom stereocenters. The van der Waals surface area contributed by atoms with E-state index in [0.717, 1.165) is 4.47 Å². The zero-order chi connectivity index (χ0) is 15.4. The second kappa shape index (κ2) is 6.93. The first-order valence-electron chi connectivity index (χ1n) is 5.76. The molecule has 110 valence electrons. The number of aliphatic carboxylic acids is 1. The Kier molecular flexibility index (Phi) is 5.22. The van der Waals surface area contributed by atoms with Crippen molar-refractivity contribution < 1.29 is 14.7 Å². The Hall–Kier alpha value is -1.57. The summed E-state index contributed by atoms with van der Waals surface area (Å²) in [5, 5.41) is 16.2. The Morgan fingerprint density at radius 3 is 2.71 bits per heavy atom. The van der Waals surface area contributed by atoms with Gasteiger partial charge in [-0.25, -0.2) is 9.59 Å². The van der Waals surface area contributed by atoms with Gasteiger partial charge in [0.15, 0.2) is 6.04 Å². The van der Waals surface area contributed by atoms with Crippen molar-refractivity contribution in [2.75, 3.05) is 5.32 Å². The number of carboxylic acid groups (broad SMARTS) is 1. The van der Waals surface area contributed by atoms with Crippen LogP contribution in [0.25, 0.3) is 0 Å². The van der Waals surface area contributed by atoms with Crippen molar-refractivity contribution in [1.29, 1.82) is 0 Å². The monoisotopic (exact) mass is 388 g/mol.